The number of rotatable bonds is 5. The Kier molecular flexibility index (Phi) is 4.77. The molecule has 0 spiro atoms. The molecule has 1 rings (SSSR count). The molecule has 5 heteroatoms. The largest absolute Gasteiger partial charge is 0.409 e. The molecule has 0 aliphatic carbocycles. The highest BCUT2D eigenvalue weighted by Gasteiger charge is 2.33. The zero-order chi connectivity index (χ0) is 13.1. The minimum Gasteiger partial charge on any atom is -0.409 e. The van der Waals surface area contributed by atoms with Crippen molar-refractivity contribution >= 4 is 5.84 Å². The summed E-state index contributed by atoms with van der Waals surface area (Å²) in [7, 11) is 0. The lowest BCUT2D eigenvalue weighted by molar-refractivity contribution is -0.0302. The van der Waals surface area contributed by atoms with Gasteiger partial charge in [0.05, 0.1) is 18.2 Å². The summed E-state index contributed by atoms with van der Waals surface area (Å²) in [6.45, 7) is 9.76. The molecule has 3 N–H and O–H groups in total. The number of nitrogens with zero attached hydrogens (tertiary/aromatic N) is 2. The van der Waals surface area contributed by atoms with Crippen LogP contribution in [0.15, 0.2) is 5.16 Å². The molecule has 0 aromatic carbocycles. The van der Waals surface area contributed by atoms with Crippen LogP contribution in [0.2, 0.25) is 0 Å². The van der Waals surface area contributed by atoms with Crippen LogP contribution in [-0.2, 0) is 4.74 Å². The van der Waals surface area contributed by atoms with Crippen LogP contribution in [0.25, 0.3) is 0 Å². The molecule has 0 aromatic heterocycles. The van der Waals surface area contributed by atoms with E-state index in [1.54, 1.807) is 0 Å². The summed E-state index contributed by atoms with van der Waals surface area (Å²) in [6.07, 6.45) is 2.42. The lowest BCUT2D eigenvalue weighted by Gasteiger charge is -2.29. The van der Waals surface area contributed by atoms with Crippen molar-refractivity contribution < 1.29 is 9.94 Å². The Morgan fingerprint density at radius 2 is 2.24 bits per heavy atom. The number of amidine groups is 1. The third kappa shape index (κ3) is 4.52. The van der Waals surface area contributed by atoms with Gasteiger partial charge in [-0.3, -0.25) is 4.90 Å². The molecular weight excluding hydrogens is 218 g/mol. The number of nitrogens with two attached hydrogens (primary N) is 1. The van der Waals surface area contributed by atoms with E-state index in [1.807, 2.05) is 0 Å². The third-order valence-electron chi connectivity index (χ3n) is 3.22. The van der Waals surface area contributed by atoms with Gasteiger partial charge >= 0.3 is 0 Å². The van der Waals surface area contributed by atoms with Crippen molar-refractivity contribution in [3.63, 3.8) is 0 Å². The van der Waals surface area contributed by atoms with Gasteiger partial charge in [-0.1, -0.05) is 5.16 Å². The molecule has 0 saturated carbocycles. The van der Waals surface area contributed by atoms with Crippen molar-refractivity contribution in [3.05, 3.63) is 0 Å². The van der Waals surface area contributed by atoms with E-state index in [-0.39, 0.29) is 17.5 Å². The summed E-state index contributed by atoms with van der Waals surface area (Å²) in [6, 6.07) is 0.350. The van der Waals surface area contributed by atoms with Gasteiger partial charge in [-0.05, 0) is 40.5 Å². The summed E-state index contributed by atoms with van der Waals surface area (Å²) in [5.41, 5.74) is 5.55. The Bertz CT molecular complexity index is 277. The highest BCUT2D eigenvalue weighted by molar-refractivity contribution is 5.81. The zero-order valence-electron chi connectivity index (χ0n) is 11.3. The van der Waals surface area contributed by atoms with Gasteiger partial charge in [0.1, 0.15) is 0 Å². The molecule has 0 bridgehead atoms. The van der Waals surface area contributed by atoms with Gasteiger partial charge < -0.3 is 15.7 Å². The normalized spacial score (nSPS) is 24.8. The molecule has 1 atom stereocenters. The zero-order valence-corrected chi connectivity index (χ0v) is 11.3. The van der Waals surface area contributed by atoms with E-state index in [1.165, 1.54) is 0 Å². The van der Waals surface area contributed by atoms with E-state index in [0.29, 0.717) is 12.6 Å². The second-order valence-corrected chi connectivity index (χ2v) is 5.65. The Morgan fingerprint density at radius 3 is 2.65 bits per heavy atom. The maximum atomic E-state index is 8.61. The minimum atomic E-state index is -0.00999. The lowest BCUT2D eigenvalue weighted by atomic mass is 10.1. The van der Waals surface area contributed by atoms with E-state index in [2.05, 4.69) is 37.8 Å². The van der Waals surface area contributed by atoms with Gasteiger partial charge in [0, 0.05) is 12.6 Å². The predicted molar refractivity (Wildman–Crippen MR) is 68.3 cm³/mol. The van der Waals surface area contributed by atoms with E-state index in [4.69, 9.17) is 15.7 Å². The maximum Gasteiger partial charge on any atom is 0.153 e. The Labute approximate surface area is 104 Å². The molecule has 1 aliphatic rings. The van der Waals surface area contributed by atoms with Crippen molar-refractivity contribution in [2.45, 2.75) is 58.3 Å². The average Bonchev–Trinajstić information content (AvgIpc) is 2.56. The molecule has 1 heterocycles. The Morgan fingerprint density at radius 1 is 1.59 bits per heavy atom. The molecule has 1 saturated heterocycles. The van der Waals surface area contributed by atoms with Gasteiger partial charge in [0.25, 0.3) is 0 Å². The van der Waals surface area contributed by atoms with Crippen LogP contribution in [-0.4, -0.2) is 46.8 Å². The van der Waals surface area contributed by atoms with Crippen LogP contribution in [0, 0.1) is 0 Å². The highest BCUT2D eigenvalue weighted by Crippen LogP contribution is 2.29. The monoisotopic (exact) mass is 243 g/mol. The van der Waals surface area contributed by atoms with Crippen LogP contribution in [0.3, 0.4) is 0 Å². The molecule has 1 aliphatic heterocycles. The Hall–Kier alpha value is -0.810. The lowest BCUT2D eigenvalue weighted by Crippen LogP contribution is -2.43. The number of hydrogen-bond donors (Lipinski definition) is 2. The molecule has 1 unspecified atom stereocenters. The Balaban J connectivity index is 2.50. The van der Waals surface area contributed by atoms with Crippen LogP contribution in [0.4, 0.5) is 0 Å². The topological polar surface area (TPSA) is 71.1 Å². The molecule has 0 amide bonds. The molecule has 0 aromatic rings. The maximum absolute atomic E-state index is 8.61. The highest BCUT2D eigenvalue weighted by atomic mass is 16.5. The molecule has 1 fully saturated rings. The molecule has 0 radical (unpaired) electrons. The fourth-order valence-electron chi connectivity index (χ4n) is 2.17. The average molecular weight is 243 g/mol. The summed E-state index contributed by atoms with van der Waals surface area (Å²) >= 11 is 0. The first-order valence-electron chi connectivity index (χ1n) is 6.22. The van der Waals surface area contributed by atoms with Crippen LogP contribution in [0.5, 0.6) is 0 Å². The van der Waals surface area contributed by atoms with Gasteiger partial charge in [-0.25, -0.2) is 0 Å². The van der Waals surface area contributed by atoms with Crippen molar-refractivity contribution in [1.82, 2.24) is 4.90 Å². The summed E-state index contributed by atoms with van der Waals surface area (Å²) in [4.78, 5) is 2.17. The van der Waals surface area contributed by atoms with Crippen LogP contribution >= 0.6 is 0 Å². The minimum absolute atomic E-state index is 0.00999. The van der Waals surface area contributed by atoms with Crippen LogP contribution < -0.4 is 5.73 Å². The first kappa shape index (κ1) is 14.3. The molecule has 17 heavy (non-hydrogen) atoms. The number of ether oxygens (including phenoxy) is 1. The number of hydrogen-bond acceptors (Lipinski definition) is 4. The van der Waals surface area contributed by atoms with E-state index in [9.17, 15) is 0 Å². The van der Waals surface area contributed by atoms with Crippen molar-refractivity contribution in [2.24, 2.45) is 10.9 Å². The van der Waals surface area contributed by atoms with Crippen molar-refractivity contribution in [3.8, 4) is 0 Å². The van der Waals surface area contributed by atoms with Gasteiger partial charge in [-0.2, -0.15) is 0 Å². The van der Waals surface area contributed by atoms with E-state index >= 15 is 0 Å². The van der Waals surface area contributed by atoms with E-state index in [0.717, 1.165) is 19.4 Å². The van der Waals surface area contributed by atoms with Crippen molar-refractivity contribution in [1.29, 1.82) is 0 Å². The fourth-order valence-corrected chi connectivity index (χ4v) is 2.17. The predicted octanol–water partition coefficient (Wildman–Crippen LogP) is 1.40. The smallest absolute Gasteiger partial charge is 0.153 e. The molecular formula is C12H25N3O2. The van der Waals surface area contributed by atoms with Gasteiger partial charge in [0.15, 0.2) is 5.84 Å². The third-order valence-corrected chi connectivity index (χ3v) is 3.22. The van der Waals surface area contributed by atoms with E-state index < -0.39 is 0 Å². The second kappa shape index (κ2) is 5.69. The molecule has 100 valence electrons. The first-order chi connectivity index (χ1) is 7.84. The number of oxime groups is 1. The second-order valence-electron chi connectivity index (χ2n) is 5.65. The van der Waals surface area contributed by atoms with Gasteiger partial charge in [0.2, 0.25) is 0 Å². The molecule has 5 nitrogen and oxygen atoms in total. The fraction of sp³-hybridized carbons (Fsp3) is 0.917. The first-order valence-corrected chi connectivity index (χ1v) is 6.22. The summed E-state index contributed by atoms with van der Waals surface area (Å²) in [5, 5.41) is 11.6. The summed E-state index contributed by atoms with van der Waals surface area (Å²) in [5.74, 6) is 0.246. The quantitative estimate of drug-likeness (QED) is 0.331. The van der Waals surface area contributed by atoms with Gasteiger partial charge in [-0.15, -0.1) is 0 Å². The SMILES string of the molecule is CC(C)N(CC(N)=NO)CC1CCC(C)(C)O1. The van der Waals surface area contributed by atoms with Crippen molar-refractivity contribution in [2.75, 3.05) is 13.1 Å². The van der Waals surface area contributed by atoms with Crippen LogP contribution in [0.1, 0.15) is 40.5 Å². The standard InChI is InChI=1S/C12H25N3O2/c1-9(2)15(8-11(13)14-16)7-10-5-6-12(3,4)17-10/h9-10,16H,5-8H2,1-4H3,(H2,13,14). The summed E-state index contributed by atoms with van der Waals surface area (Å²) < 4.78 is 5.96.